The molecule has 2 aliphatic carbocycles. The monoisotopic (exact) mass is 281 g/mol. The Kier molecular flexibility index (Phi) is 3.36. The van der Waals surface area contributed by atoms with Gasteiger partial charge in [0.05, 0.1) is 11.3 Å². The molecule has 0 saturated heterocycles. The Hall–Kier alpha value is -1.65. The van der Waals surface area contributed by atoms with Crippen LogP contribution in [-0.2, 0) is 0 Å². The van der Waals surface area contributed by atoms with Crippen molar-refractivity contribution in [3.05, 3.63) is 29.3 Å². The first-order valence-electron chi connectivity index (χ1n) is 7.02. The molecular formula is C15H17F2NO2. The third-order valence-electron chi connectivity index (χ3n) is 3.98. The van der Waals surface area contributed by atoms with Gasteiger partial charge in [-0.3, -0.25) is 0 Å². The fourth-order valence-electron chi connectivity index (χ4n) is 2.44. The van der Waals surface area contributed by atoms with Crippen LogP contribution in [0.4, 0.5) is 14.5 Å². The Balaban J connectivity index is 1.88. The lowest BCUT2D eigenvalue weighted by molar-refractivity contribution is 0.0690. The molecule has 0 spiro atoms. The number of rotatable bonds is 6. The topological polar surface area (TPSA) is 40.5 Å². The van der Waals surface area contributed by atoms with Crippen molar-refractivity contribution in [3.8, 4) is 0 Å². The lowest BCUT2D eigenvalue weighted by atomic mass is 10.1. The molecule has 0 amide bonds. The molecule has 108 valence electrons. The maximum absolute atomic E-state index is 14.1. The van der Waals surface area contributed by atoms with Crippen LogP contribution in [-0.4, -0.2) is 24.2 Å². The molecule has 2 saturated carbocycles. The average molecular weight is 281 g/mol. The van der Waals surface area contributed by atoms with Gasteiger partial charge in [-0.15, -0.1) is 0 Å². The number of hydrogen-bond acceptors (Lipinski definition) is 2. The molecule has 5 heteroatoms. The fourth-order valence-corrected chi connectivity index (χ4v) is 2.44. The molecule has 2 aliphatic rings. The predicted octanol–water partition coefficient (Wildman–Crippen LogP) is 3.29. The van der Waals surface area contributed by atoms with Gasteiger partial charge in [0.25, 0.3) is 0 Å². The first kappa shape index (κ1) is 13.3. The van der Waals surface area contributed by atoms with E-state index in [0.717, 1.165) is 44.8 Å². The van der Waals surface area contributed by atoms with E-state index < -0.39 is 23.2 Å². The van der Waals surface area contributed by atoms with Gasteiger partial charge in [0, 0.05) is 13.1 Å². The van der Waals surface area contributed by atoms with Crippen LogP contribution in [0.5, 0.6) is 0 Å². The number of carboxylic acids is 1. The van der Waals surface area contributed by atoms with Crippen molar-refractivity contribution in [1.29, 1.82) is 0 Å². The number of carbonyl (C=O) groups is 1. The Morgan fingerprint density at radius 1 is 1.10 bits per heavy atom. The molecule has 3 nitrogen and oxygen atoms in total. The summed E-state index contributed by atoms with van der Waals surface area (Å²) in [6, 6.07) is 2.55. The normalized spacial score (nSPS) is 18.1. The van der Waals surface area contributed by atoms with E-state index in [0.29, 0.717) is 11.8 Å². The lowest BCUT2D eigenvalue weighted by Gasteiger charge is -2.25. The maximum Gasteiger partial charge on any atom is 0.338 e. The molecule has 0 bridgehead atoms. The molecule has 2 fully saturated rings. The third-order valence-corrected chi connectivity index (χ3v) is 3.98. The first-order chi connectivity index (χ1) is 9.56. The van der Waals surface area contributed by atoms with Crippen LogP contribution in [0.1, 0.15) is 36.0 Å². The fraction of sp³-hybridized carbons (Fsp3) is 0.533. The second-order valence-electron chi connectivity index (χ2n) is 5.86. The number of halogens is 2. The highest BCUT2D eigenvalue weighted by atomic mass is 19.2. The zero-order valence-corrected chi connectivity index (χ0v) is 11.1. The van der Waals surface area contributed by atoms with Gasteiger partial charge in [-0.2, -0.15) is 0 Å². The van der Waals surface area contributed by atoms with Crippen LogP contribution >= 0.6 is 0 Å². The van der Waals surface area contributed by atoms with E-state index in [1.807, 2.05) is 4.90 Å². The van der Waals surface area contributed by atoms with E-state index in [1.54, 1.807) is 0 Å². The van der Waals surface area contributed by atoms with Gasteiger partial charge >= 0.3 is 5.97 Å². The molecule has 0 aliphatic heterocycles. The SMILES string of the molecule is O=C(O)c1ccc(N(CC2CC2)CC2CC2)c(F)c1F. The minimum absolute atomic E-state index is 0.200. The number of carboxylic acid groups (broad SMARTS) is 1. The molecule has 20 heavy (non-hydrogen) atoms. The van der Waals surface area contributed by atoms with Gasteiger partial charge in [-0.1, -0.05) is 0 Å². The van der Waals surface area contributed by atoms with Crippen molar-refractivity contribution in [2.45, 2.75) is 25.7 Å². The third kappa shape index (κ3) is 2.76. The van der Waals surface area contributed by atoms with Crippen LogP contribution in [0.15, 0.2) is 12.1 Å². The number of anilines is 1. The average Bonchev–Trinajstić information content (AvgIpc) is 3.26. The summed E-state index contributed by atoms with van der Waals surface area (Å²) in [6.45, 7) is 1.47. The van der Waals surface area contributed by atoms with Gasteiger partial charge in [0.2, 0.25) is 0 Å². The van der Waals surface area contributed by atoms with Crippen LogP contribution in [0, 0.1) is 23.5 Å². The van der Waals surface area contributed by atoms with Crippen molar-refractivity contribution < 1.29 is 18.7 Å². The van der Waals surface area contributed by atoms with Gasteiger partial charge in [0.1, 0.15) is 0 Å². The number of aromatic carboxylic acids is 1. The molecular weight excluding hydrogens is 264 g/mol. The van der Waals surface area contributed by atoms with Crippen molar-refractivity contribution >= 4 is 11.7 Å². The van der Waals surface area contributed by atoms with Crippen LogP contribution in [0.3, 0.4) is 0 Å². The minimum atomic E-state index is -1.44. The summed E-state index contributed by atoms with van der Waals surface area (Å²) >= 11 is 0. The zero-order valence-electron chi connectivity index (χ0n) is 11.1. The Morgan fingerprint density at radius 2 is 1.65 bits per heavy atom. The van der Waals surface area contributed by atoms with Crippen molar-refractivity contribution in [2.24, 2.45) is 11.8 Å². The molecule has 1 aromatic carbocycles. The zero-order chi connectivity index (χ0) is 14.3. The van der Waals surface area contributed by atoms with Crippen molar-refractivity contribution in [3.63, 3.8) is 0 Å². The summed E-state index contributed by atoms with van der Waals surface area (Å²) < 4.78 is 27.9. The molecule has 0 atom stereocenters. The molecule has 3 rings (SSSR count). The lowest BCUT2D eigenvalue weighted by Crippen LogP contribution is -2.29. The van der Waals surface area contributed by atoms with E-state index in [2.05, 4.69) is 0 Å². The maximum atomic E-state index is 14.1. The number of nitrogens with zero attached hydrogens (tertiary/aromatic N) is 1. The van der Waals surface area contributed by atoms with Gasteiger partial charge in [-0.25, -0.2) is 13.6 Å². The summed E-state index contributed by atoms with van der Waals surface area (Å²) in [5.41, 5.74) is -0.407. The van der Waals surface area contributed by atoms with E-state index in [9.17, 15) is 13.6 Å². The summed E-state index contributed by atoms with van der Waals surface area (Å²) in [5, 5.41) is 8.81. The quantitative estimate of drug-likeness (QED) is 0.870. The minimum Gasteiger partial charge on any atom is -0.478 e. The highest BCUT2D eigenvalue weighted by molar-refractivity contribution is 5.88. The van der Waals surface area contributed by atoms with E-state index >= 15 is 0 Å². The highest BCUT2D eigenvalue weighted by Crippen LogP contribution is 2.37. The first-order valence-corrected chi connectivity index (χ1v) is 7.02. The van der Waals surface area contributed by atoms with Gasteiger partial charge in [-0.05, 0) is 49.7 Å². The second-order valence-corrected chi connectivity index (χ2v) is 5.86. The van der Waals surface area contributed by atoms with E-state index in [1.165, 1.54) is 6.07 Å². The number of benzene rings is 1. The summed E-state index contributed by atoms with van der Waals surface area (Å²) in [6.07, 6.45) is 4.55. The Labute approximate surface area is 116 Å². The van der Waals surface area contributed by atoms with Gasteiger partial charge in [0.15, 0.2) is 11.6 Å². The molecule has 1 N–H and O–H groups in total. The summed E-state index contributed by atoms with van der Waals surface area (Å²) in [5.74, 6) is -2.60. The molecule has 0 unspecified atom stereocenters. The standard InChI is InChI=1S/C15H17F2NO2/c16-13-11(15(19)20)5-6-12(14(13)17)18(7-9-1-2-9)8-10-3-4-10/h5-6,9-10H,1-4,7-8H2,(H,19,20). The molecule has 0 aromatic heterocycles. The van der Waals surface area contributed by atoms with E-state index in [-0.39, 0.29) is 5.69 Å². The Bertz CT molecular complexity index is 525. The second kappa shape index (κ2) is 5.04. The van der Waals surface area contributed by atoms with Gasteiger partial charge < -0.3 is 10.0 Å². The summed E-state index contributed by atoms with van der Waals surface area (Å²) in [7, 11) is 0. The summed E-state index contributed by atoms with van der Waals surface area (Å²) in [4.78, 5) is 12.7. The molecule has 1 aromatic rings. The predicted molar refractivity (Wildman–Crippen MR) is 71.0 cm³/mol. The van der Waals surface area contributed by atoms with Crippen LogP contribution < -0.4 is 4.90 Å². The smallest absolute Gasteiger partial charge is 0.338 e. The highest BCUT2D eigenvalue weighted by Gasteiger charge is 2.31. The van der Waals surface area contributed by atoms with Crippen LogP contribution in [0.25, 0.3) is 0 Å². The van der Waals surface area contributed by atoms with E-state index in [4.69, 9.17) is 5.11 Å². The largest absolute Gasteiger partial charge is 0.478 e. The molecule has 0 heterocycles. The molecule has 0 radical (unpaired) electrons. The van der Waals surface area contributed by atoms with Crippen LogP contribution in [0.2, 0.25) is 0 Å². The number of hydrogen-bond donors (Lipinski definition) is 1. The van der Waals surface area contributed by atoms with Crippen molar-refractivity contribution in [2.75, 3.05) is 18.0 Å². The van der Waals surface area contributed by atoms with Crippen molar-refractivity contribution in [1.82, 2.24) is 0 Å². The Morgan fingerprint density at radius 3 is 2.10 bits per heavy atom.